The average Bonchev–Trinajstić information content (AvgIpc) is 2.94. The van der Waals surface area contributed by atoms with Gasteiger partial charge in [-0.15, -0.1) is 0 Å². The van der Waals surface area contributed by atoms with Crippen LogP contribution < -0.4 is 10.0 Å². The van der Waals surface area contributed by atoms with Crippen molar-refractivity contribution in [2.45, 2.75) is 24.0 Å². The largest absolute Gasteiger partial charge is 0.309 e. The zero-order chi connectivity index (χ0) is 14.4. The molecule has 6 nitrogen and oxygen atoms in total. The second-order valence-corrected chi connectivity index (χ2v) is 8.57. The summed E-state index contributed by atoms with van der Waals surface area (Å²) in [7, 11) is -6.99. The summed E-state index contributed by atoms with van der Waals surface area (Å²) in [5, 5.41) is 4.19. The van der Waals surface area contributed by atoms with Gasteiger partial charge >= 0.3 is 0 Å². The first kappa shape index (κ1) is 13.7. The van der Waals surface area contributed by atoms with E-state index in [0.29, 0.717) is 6.54 Å². The van der Waals surface area contributed by atoms with Crippen molar-refractivity contribution < 1.29 is 16.8 Å². The molecule has 1 aromatic carbocycles. The van der Waals surface area contributed by atoms with E-state index in [-0.39, 0.29) is 10.6 Å². The molecule has 1 unspecified atom stereocenters. The summed E-state index contributed by atoms with van der Waals surface area (Å²) in [5.74, 6) is -0.223. The fourth-order valence-corrected chi connectivity index (χ4v) is 4.94. The summed E-state index contributed by atoms with van der Waals surface area (Å²) in [6, 6.07) is 4.26. The molecule has 0 aliphatic carbocycles. The van der Waals surface area contributed by atoms with Crippen molar-refractivity contribution in [2.75, 3.05) is 5.75 Å². The van der Waals surface area contributed by atoms with E-state index in [0.717, 1.165) is 23.1 Å². The van der Waals surface area contributed by atoms with Crippen LogP contribution in [0, 0.1) is 0 Å². The second kappa shape index (κ2) is 4.66. The minimum Gasteiger partial charge on any atom is -0.309 e. The lowest BCUT2D eigenvalue weighted by Crippen LogP contribution is -2.35. The average molecular weight is 314 g/mol. The summed E-state index contributed by atoms with van der Waals surface area (Å²) >= 11 is 0. The van der Waals surface area contributed by atoms with Crippen molar-refractivity contribution in [3.05, 3.63) is 40.8 Å². The Labute approximate surface area is 117 Å². The third-order valence-electron chi connectivity index (χ3n) is 3.36. The molecule has 3 rings (SSSR count). The van der Waals surface area contributed by atoms with E-state index in [1.54, 1.807) is 18.2 Å². The Hall–Kier alpha value is -1.22. The number of sulfonamides is 1. The Kier molecular flexibility index (Phi) is 3.20. The van der Waals surface area contributed by atoms with E-state index < -0.39 is 25.9 Å². The zero-order valence-electron chi connectivity index (χ0n) is 10.5. The molecule has 0 spiro atoms. The van der Waals surface area contributed by atoms with Gasteiger partial charge in [0, 0.05) is 18.5 Å². The Balaban J connectivity index is 1.84. The van der Waals surface area contributed by atoms with Crippen molar-refractivity contribution >= 4 is 19.9 Å². The third kappa shape index (κ3) is 2.64. The molecule has 0 saturated heterocycles. The molecular weight excluding hydrogens is 300 g/mol. The highest BCUT2D eigenvalue weighted by Crippen LogP contribution is 2.20. The summed E-state index contributed by atoms with van der Waals surface area (Å²) in [5.41, 5.74) is 2.05. The van der Waals surface area contributed by atoms with Crippen molar-refractivity contribution in [2.24, 2.45) is 0 Å². The molecule has 0 bridgehead atoms. The molecule has 8 heteroatoms. The number of rotatable bonds is 3. The molecule has 0 fully saturated rings. The molecule has 1 aromatic rings. The molecule has 2 N–H and O–H groups in total. The number of benzene rings is 1. The van der Waals surface area contributed by atoms with Crippen LogP contribution in [0.3, 0.4) is 0 Å². The lowest BCUT2D eigenvalue weighted by molar-refractivity contribution is 0.574. The molecule has 0 saturated carbocycles. The Bertz CT molecular complexity index is 782. The normalized spacial score (nSPS) is 23.9. The molecule has 0 aromatic heterocycles. The van der Waals surface area contributed by atoms with Gasteiger partial charge in [0.1, 0.15) is 0 Å². The van der Waals surface area contributed by atoms with E-state index in [9.17, 15) is 16.8 Å². The minimum absolute atomic E-state index is 0.164. The van der Waals surface area contributed by atoms with Gasteiger partial charge in [-0.2, -0.15) is 0 Å². The van der Waals surface area contributed by atoms with Crippen LogP contribution in [-0.4, -0.2) is 28.6 Å². The molecule has 2 aliphatic heterocycles. The minimum atomic E-state index is -3.71. The highest BCUT2D eigenvalue weighted by Gasteiger charge is 2.27. The number of hydrogen-bond donors (Lipinski definition) is 2. The molecule has 2 heterocycles. The first-order valence-corrected chi connectivity index (χ1v) is 9.31. The fraction of sp³-hybridized carbons (Fsp3) is 0.333. The molecule has 2 aliphatic rings. The van der Waals surface area contributed by atoms with Gasteiger partial charge in [-0.1, -0.05) is 12.1 Å². The highest BCUT2D eigenvalue weighted by atomic mass is 32.2. The predicted octanol–water partition coefficient (Wildman–Crippen LogP) is -0.121. The van der Waals surface area contributed by atoms with Gasteiger partial charge in [-0.05, 0) is 23.3 Å². The lowest BCUT2D eigenvalue weighted by Gasteiger charge is -2.11. The van der Waals surface area contributed by atoms with E-state index in [2.05, 4.69) is 10.0 Å². The van der Waals surface area contributed by atoms with Crippen LogP contribution in [-0.2, 0) is 33.0 Å². The van der Waals surface area contributed by atoms with E-state index in [1.165, 1.54) is 6.08 Å². The highest BCUT2D eigenvalue weighted by molar-refractivity contribution is 7.94. The van der Waals surface area contributed by atoms with Crippen LogP contribution in [0.25, 0.3) is 0 Å². The van der Waals surface area contributed by atoms with Gasteiger partial charge < -0.3 is 5.32 Å². The van der Waals surface area contributed by atoms with Crippen LogP contribution in [0.1, 0.15) is 11.1 Å². The van der Waals surface area contributed by atoms with Crippen molar-refractivity contribution in [1.29, 1.82) is 0 Å². The maximum absolute atomic E-state index is 12.2. The van der Waals surface area contributed by atoms with Crippen LogP contribution in [0.5, 0.6) is 0 Å². The lowest BCUT2D eigenvalue weighted by atomic mass is 10.1. The molecule has 1 atom stereocenters. The summed E-state index contributed by atoms with van der Waals surface area (Å²) in [4.78, 5) is 0.164. The van der Waals surface area contributed by atoms with E-state index in [4.69, 9.17) is 0 Å². The van der Waals surface area contributed by atoms with Crippen molar-refractivity contribution in [3.8, 4) is 0 Å². The number of fused-ring (bicyclic) bond motifs is 1. The number of nitrogens with one attached hydrogen (secondary N) is 2. The van der Waals surface area contributed by atoms with Crippen LogP contribution in [0.15, 0.2) is 34.6 Å². The Morgan fingerprint density at radius 2 is 1.95 bits per heavy atom. The number of sulfone groups is 1. The summed E-state index contributed by atoms with van der Waals surface area (Å²) < 4.78 is 49.5. The van der Waals surface area contributed by atoms with Crippen molar-refractivity contribution in [1.82, 2.24) is 10.0 Å². The molecule has 0 amide bonds. The maximum atomic E-state index is 12.2. The topological polar surface area (TPSA) is 92.3 Å². The third-order valence-corrected chi connectivity index (χ3v) is 6.24. The van der Waals surface area contributed by atoms with E-state index >= 15 is 0 Å². The molecule has 20 heavy (non-hydrogen) atoms. The predicted molar refractivity (Wildman–Crippen MR) is 74.0 cm³/mol. The first-order valence-electron chi connectivity index (χ1n) is 6.12. The van der Waals surface area contributed by atoms with Crippen LogP contribution >= 0.6 is 0 Å². The maximum Gasteiger partial charge on any atom is 0.241 e. The summed E-state index contributed by atoms with van der Waals surface area (Å²) in [6.45, 7) is 1.39. The second-order valence-electron chi connectivity index (χ2n) is 4.92. The van der Waals surface area contributed by atoms with Crippen LogP contribution in [0.4, 0.5) is 0 Å². The van der Waals surface area contributed by atoms with Gasteiger partial charge in [-0.25, -0.2) is 21.6 Å². The van der Waals surface area contributed by atoms with Gasteiger partial charge in [0.15, 0.2) is 9.84 Å². The van der Waals surface area contributed by atoms with Crippen LogP contribution in [0.2, 0.25) is 0 Å². The van der Waals surface area contributed by atoms with Gasteiger partial charge in [0.25, 0.3) is 0 Å². The standard InChI is InChI=1S/C12H14N2O4S2/c15-19(16)4-3-11(8-19)14-20(17,18)12-2-1-9-6-13-7-10(9)5-12/h1-5,11,13-14H,6-8H2. The van der Waals surface area contributed by atoms with Gasteiger partial charge in [0.2, 0.25) is 10.0 Å². The van der Waals surface area contributed by atoms with Gasteiger partial charge in [0.05, 0.1) is 16.7 Å². The molecule has 108 valence electrons. The molecule has 0 radical (unpaired) electrons. The Morgan fingerprint density at radius 3 is 2.65 bits per heavy atom. The Morgan fingerprint density at radius 1 is 1.20 bits per heavy atom. The zero-order valence-corrected chi connectivity index (χ0v) is 12.2. The SMILES string of the molecule is O=S1(=O)C=CC(NS(=O)(=O)c2ccc3c(c2)CNC3)C1. The fourth-order valence-electron chi connectivity index (χ4n) is 2.35. The molecular formula is C12H14N2O4S2. The van der Waals surface area contributed by atoms with Gasteiger partial charge in [-0.3, -0.25) is 0 Å². The quantitative estimate of drug-likeness (QED) is 0.811. The number of hydrogen-bond acceptors (Lipinski definition) is 5. The smallest absolute Gasteiger partial charge is 0.241 e. The first-order chi connectivity index (χ1) is 9.36. The summed E-state index contributed by atoms with van der Waals surface area (Å²) in [6.07, 6.45) is 1.36. The van der Waals surface area contributed by atoms with E-state index in [1.807, 2.05) is 0 Å². The van der Waals surface area contributed by atoms with Crippen molar-refractivity contribution in [3.63, 3.8) is 0 Å². The monoisotopic (exact) mass is 314 g/mol.